The van der Waals surface area contributed by atoms with Crippen LogP contribution in [-0.4, -0.2) is 22.9 Å². The number of thioether (sulfide) groups is 1. The third kappa shape index (κ3) is 3.51. The largest absolute Gasteiger partial charge is 0.272 e. The summed E-state index contributed by atoms with van der Waals surface area (Å²) in [5.41, 5.74) is 1.12. The zero-order valence-corrected chi connectivity index (χ0v) is 13.4. The van der Waals surface area contributed by atoms with Gasteiger partial charge in [0.1, 0.15) is 0 Å². The van der Waals surface area contributed by atoms with E-state index < -0.39 is 0 Å². The zero-order chi connectivity index (χ0) is 15.4. The first-order valence-electron chi connectivity index (χ1n) is 7.02. The second kappa shape index (κ2) is 6.99. The molecule has 3 nitrogen and oxygen atoms in total. The van der Waals surface area contributed by atoms with Crippen molar-refractivity contribution in [3.8, 4) is 0 Å². The summed E-state index contributed by atoms with van der Waals surface area (Å²) < 4.78 is 0. The minimum Gasteiger partial charge on any atom is -0.272 e. The van der Waals surface area contributed by atoms with Gasteiger partial charge in [0, 0.05) is 22.6 Å². The van der Waals surface area contributed by atoms with Crippen molar-refractivity contribution in [2.75, 3.05) is 5.75 Å². The van der Waals surface area contributed by atoms with Crippen molar-refractivity contribution < 1.29 is 4.79 Å². The van der Waals surface area contributed by atoms with Crippen molar-refractivity contribution in [3.63, 3.8) is 0 Å². The van der Waals surface area contributed by atoms with Crippen LogP contribution in [0.4, 0.5) is 0 Å². The van der Waals surface area contributed by atoms with Crippen LogP contribution in [0.1, 0.15) is 18.0 Å². The van der Waals surface area contributed by atoms with Crippen molar-refractivity contribution in [2.45, 2.75) is 17.4 Å². The molecule has 0 fully saturated rings. The van der Waals surface area contributed by atoms with E-state index in [0.29, 0.717) is 10.8 Å². The summed E-state index contributed by atoms with van der Waals surface area (Å²) in [7, 11) is 0. The number of nitrogens with zero attached hydrogens (tertiary/aromatic N) is 2. The SMILES string of the molecule is O=C(CSc1ccc(Cl)cc1)N1N=CC[C@@H]1c1ccccc1. The van der Waals surface area contributed by atoms with Crippen molar-refractivity contribution >= 4 is 35.5 Å². The van der Waals surface area contributed by atoms with Crippen LogP contribution in [0.2, 0.25) is 5.02 Å². The summed E-state index contributed by atoms with van der Waals surface area (Å²) in [4.78, 5) is 13.5. The van der Waals surface area contributed by atoms with E-state index in [-0.39, 0.29) is 11.9 Å². The predicted octanol–water partition coefficient (Wildman–Crippen LogP) is 4.39. The van der Waals surface area contributed by atoms with Crippen LogP contribution in [0.15, 0.2) is 64.6 Å². The Hall–Kier alpha value is -1.78. The monoisotopic (exact) mass is 330 g/mol. The maximum absolute atomic E-state index is 12.4. The van der Waals surface area contributed by atoms with Gasteiger partial charge in [-0.3, -0.25) is 4.79 Å². The van der Waals surface area contributed by atoms with Gasteiger partial charge in [-0.05, 0) is 29.8 Å². The molecule has 1 atom stereocenters. The molecule has 2 aromatic rings. The highest BCUT2D eigenvalue weighted by atomic mass is 35.5. The Balaban J connectivity index is 1.64. The molecule has 22 heavy (non-hydrogen) atoms. The van der Waals surface area contributed by atoms with Crippen LogP contribution >= 0.6 is 23.4 Å². The first kappa shape index (κ1) is 15.1. The molecule has 1 heterocycles. The summed E-state index contributed by atoms with van der Waals surface area (Å²) in [6.45, 7) is 0. The van der Waals surface area contributed by atoms with Gasteiger partial charge in [0.15, 0.2) is 0 Å². The molecule has 0 unspecified atom stereocenters. The molecule has 0 spiro atoms. The number of hydrogen-bond acceptors (Lipinski definition) is 3. The lowest BCUT2D eigenvalue weighted by Gasteiger charge is -2.22. The van der Waals surface area contributed by atoms with Gasteiger partial charge >= 0.3 is 0 Å². The van der Waals surface area contributed by atoms with Gasteiger partial charge in [-0.2, -0.15) is 5.10 Å². The summed E-state index contributed by atoms with van der Waals surface area (Å²) in [6, 6.07) is 17.5. The number of rotatable bonds is 4. The highest BCUT2D eigenvalue weighted by molar-refractivity contribution is 8.00. The molecule has 0 saturated heterocycles. The van der Waals surface area contributed by atoms with Gasteiger partial charge in [-0.15, -0.1) is 11.8 Å². The summed E-state index contributed by atoms with van der Waals surface area (Å²) in [6.07, 6.45) is 2.57. The first-order valence-corrected chi connectivity index (χ1v) is 8.38. The highest BCUT2D eigenvalue weighted by Crippen LogP contribution is 2.29. The molecule has 1 amide bonds. The number of hydrazone groups is 1. The fourth-order valence-corrected chi connectivity index (χ4v) is 3.22. The van der Waals surface area contributed by atoms with Crippen molar-refractivity contribution in [1.82, 2.24) is 5.01 Å². The molecule has 1 aliphatic heterocycles. The Morgan fingerprint density at radius 2 is 1.91 bits per heavy atom. The topological polar surface area (TPSA) is 32.7 Å². The van der Waals surface area contributed by atoms with Crippen molar-refractivity contribution in [3.05, 3.63) is 65.2 Å². The molecule has 112 valence electrons. The van der Waals surface area contributed by atoms with Crippen LogP contribution in [0.3, 0.4) is 0 Å². The van der Waals surface area contributed by atoms with Crippen molar-refractivity contribution in [1.29, 1.82) is 0 Å². The number of carbonyl (C=O) groups excluding carboxylic acids is 1. The molecular weight excluding hydrogens is 316 g/mol. The summed E-state index contributed by atoms with van der Waals surface area (Å²) >= 11 is 7.36. The third-order valence-corrected chi connectivity index (χ3v) is 4.69. The molecule has 0 radical (unpaired) electrons. The van der Waals surface area contributed by atoms with E-state index in [0.717, 1.165) is 16.9 Å². The fourth-order valence-electron chi connectivity index (χ4n) is 2.35. The van der Waals surface area contributed by atoms with E-state index >= 15 is 0 Å². The maximum Gasteiger partial charge on any atom is 0.253 e. The van der Waals surface area contributed by atoms with Gasteiger partial charge in [0.25, 0.3) is 5.91 Å². The number of benzene rings is 2. The van der Waals surface area contributed by atoms with Gasteiger partial charge in [-0.25, -0.2) is 5.01 Å². The molecule has 0 N–H and O–H groups in total. The minimum atomic E-state index is 0.0134. The molecule has 5 heteroatoms. The fraction of sp³-hybridized carbons (Fsp3) is 0.176. The van der Waals surface area contributed by atoms with Crippen LogP contribution in [0.25, 0.3) is 0 Å². The van der Waals surface area contributed by atoms with E-state index in [1.165, 1.54) is 11.8 Å². The Morgan fingerprint density at radius 1 is 1.18 bits per heavy atom. The second-order valence-corrected chi connectivity index (χ2v) is 6.43. The van der Waals surface area contributed by atoms with Crippen molar-refractivity contribution in [2.24, 2.45) is 5.10 Å². The zero-order valence-electron chi connectivity index (χ0n) is 11.9. The normalized spacial score (nSPS) is 17.0. The number of carbonyl (C=O) groups is 1. The summed E-state index contributed by atoms with van der Waals surface area (Å²) in [5, 5.41) is 6.54. The van der Waals surface area contributed by atoms with E-state index in [9.17, 15) is 4.79 Å². The smallest absolute Gasteiger partial charge is 0.253 e. The van der Waals surface area contributed by atoms with Crippen LogP contribution in [0, 0.1) is 0 Å². The Kier molecular flexibility index (Phi) is 4.80. The average Bonchev–Trinajstić information content (AvgIpc) is 3.04. The second-order valence-electron chi connectivity index (χ2n) is 4.94. The van der Waals surface area contributed by atoms with Gasteiger partial charge < -0.3 is 0 Å². The van der Waals surface area contributed by atoms with Crippen LogP contribution in [-0.2, 0) is 4.79 Å². The van der Waals surface area contributed by atoms with E-state index in [1.807, 2.05) is 60.8 Å². The molecule has 0 bridgehead atoms. The lowest BCUT2D eigenvalue weighted by atomic mass is 10.0. The van der Waals surface area contributed by atoms with Crippen LogP contribution < -0.4 is 0 Å². The van der Waals surface area contributed by atoms with Gasteiger partial charge in [-0.1, -0.05) is 41.9 Å². The van der Waals surface area contributed by atoms with E-state index in [4.69, 9.17) is 11.6 Å². The van der Waals surface area contributed by atoms with E-state index in [1.54, 1.807) is 5.01 Å². The molecule has 1 aliphatic rings. The minimum absolute atomic E-state index is 0.0134. The standard InChI is InChI=1S/C17H15ClN2OS/c18-14-6-8-15(9-7-14)22-12-17(21)20-16(10-11-19-20)13-4-2-1-3-5-13/h1-9,11,16H,10,12H2/t16-/m1/s1. The van der Waals surface area contributed by atoms with Gasteiger partial charge in [0.05, 0.1) is 11.8 Å². The molecule has 2 aromatic carbocycles. The number of amides is 1. The van der Waals surface area contributed by atoms with E-state index in [2.05, 4.69) is 5.10 Å². The Labute approximate surface area is 139 Å². The van der Waals surface area contributed by atoms with Gasteiger partial charge in [0.2, 0.25) is 0 Å². The molecule has 0 aliphatic carbocycles. The highest BCUT2D eigenvalue weighted by Gasteiger charge is 2.27. The lowest BCUT2D eigenvalue weighted by molar-refractivity contribution is -0.130. The quantitative estimate of drug-likeness (QED) is 0.779. The number of halogens is 1. The average molecular weight is 331 g/mol. The lowest BCUT2D eigenvalue weighted by Crippen LogP contribution is -2.28. The predicted molar refractivity (Wildman–Crippen MR) is 91.3 cm³/mol. The van der Waals surface area contributed by atoms with Crippen LogP contribution in [0.5, 0.6) is 0 Å². The first-order chi connectivity index (χ1) is 10.7. The third-order valence-electron chi connectivity index (χ3n) is 3.45. The summed E-state index contributed by atoms with van der Waals surface area (Å²) in [5.74, 6) is 0.380. The molecule has 0 saturated carbocycles. The number of hydrogen-bond donors (Lipinski definition) is 0. The molecule has 3 rings (SSSR count). The molecule has 0 aromatic heterocycles. The Bertz CT molecular complexity index is 673. The molecular formula is C17H15ClN2OS. The Morgan fingerprint density at radius 3 is 2.64 bits per heavy atom. The maximum atomic E-state index is 12.4.